The van der Waals surface area contributed by atoms with Crippen LogP contribution in [0.1, 0.15) is 59.5 Å². The van der Waals surface area contributed by atoms with Crippen molar-refractivity contribution < 1.29 is 9.53 Å². The lowest BCUT2D eigenvalue weighted by Crippen LogP contribution is -2.41. The monoisotopic (exact) mass is 603 g/mol. The highest BCUT2D eigenvalue weighted by molar-refractivity contribution is 5.99. The minimum Gasteiger partial charge on any atom is -0.383 e. The van der Waals surface area contributed by atoms with Gasteiger partial charge in [0.1, 0.15) is 5.82 Å². The fourth-order valence-corrected chi connectivity index (χ4v) is 6.90. The topological polar surface area (TPSA) is 114 Å². The Morgan fingerprint density at radius 3 is 2.56 bits per heavy atom. The zero-order valence-corrected chi connectivity index (χ0v) is 26.0. The number of ether oxygens (including phenoxy) is 1. The molecule has 1 aliphatic carbocycles. The maximum atomic E-state index is 13.3. The van der Waals surface area contributed by atoms with Gasteiger partial charge in [-0.15, -0.1) is 0 Å². The van der Waals surface area contributed by atoms with Gasteiger partial charge in [0.15, 0.2) is 0 Å². The summed E-state index contributed by atoms with van der Waals surface area (Å²) >= 11 is 0. The molecular weight excluding hydrogens is 562 g/mol. The molecule has 9 heteroatoms. The smallest absolute Gasteiger partial charge is 0.255 e. The van der Waals surface area contributed by atoms with Gasteiger partial charge in [0.05, 0.1) is 30.5 Å². The van der Waals surface area contributed by atoms with Crippen LogP contribution >= 0.6 is 0 Å². The number of rotatable bonds is 8. The molecule has 2 aromatic carbocycles. The predicted molar refractivity (Wildman–Crippen MR) is 178 cm³/mol. The van der Waals surface area contributed by atoms with Crippen molar-refractivity contribution in [1.29, 1.82) is 0 Å². The van der Waals surface area contributed by atoms with Gasteiger partial charge in [0, 0.05) is 47.7 Å². The number of pyridine rings is 1. The summed E-state index contributed by atoms with van der Waals surface area (Å²) in [6.07, 6.45) is 12.7. The third-order valence-corrected chi connectivity index (χ3v) is 9.59. The van der Waals surface area contributed by atoms with Crippen molar-refractivity contribution in [3.8, 4) is 22.3 Å². The Hall–Kier alpha value is -4.47. The van der Waals surface area contributed by atoms with Gasteiger partial charge < -0.3 is 25.7 Å². The average Bonchev–Trinajstić information content (AvgIpc) is 3.81. The van der Waals surface area contributed by atoms with E-state index in [2.05, 4.69) is 81.0 Å². The number of nitrogens with zero attached hydrogens (tertiary/aromatic N) is 4. The second-order valence-electron chi connectivity index (χ2n) is 12.7. The van der Waals surface area contributed by atoms with E-state index in [1.807, 2.05) is 13.2 Å². The number of aromatic amines is 1. The van der Waals surface area contributed by atoms with Crippen LogP contribution < -0.4 is 11.1 Å². The molecule has 1 aliphatic heterocycles. The standard InChI is InChI=1S/C36H41N7O2/c1-42-14-12-25(13-15-42)31-20-38-33-17-26(10-11-29(31)33)24-8-6-23(7-9-24)22-45-34-5-3-4-32(34)41-36(44)30-16-27(18-39-35(30)37)28-19-40-43(2)21-28/h6-11,16-21,25,32,34,38H,3-5,12-15,22H2,1-2H3,(H2,37,39)(H,41,44)/t32-,34-/m0/s1. The number of carbonyl (C=O) groups is 1. The molecule has 1 saturated carbocycles. The second-order valence-corrected chi connectivity index (χ2v) is 12.7. The normalized spacial score (nSPS) is 19.3. The highest BCUT2D eigenvalue weighted by Crippen LogP contribution is 2.35. The van der Waals surface area contributed by atoms with Gasteiger partial charge in [-0.1, -0.05) is 36.4 Å². The number of amides is 1. The molecule has 2 fully saturated rings. The summed E-state index contributed by atoms with van der Waals surface area (Å²) in [4.78, 5) is 23.5. The highest BCUT2D eigenvalue weighted by Gasteiger charge is 2.30. The molecular formula is C36H41N7O2. The summed E-state index contributed by atoms with van der Waals surface area (Å²) in [5.74, 6) is 0.614. The number of aromatic nitrogens is 4. The number of nitrogens with two attached hydrogens (primary N) is 1. The first-order valence-electron chi connectivity index (χ1n) is 16.0. The Balaban J connectivity index is 0.970. The van der Waals surface area contributed by atoms with Crippen LogP contribution in [-0.2, 0) is 18.4 Å². The largest absolute Gasteiger partial charge is 0.383 e. The van der Waals surface area contributed by atoms with Crippen LogP contribution in [0.4, 0.5) is 5.82 Å². The third-order valence-electron chi connectivity index (χ3n) is 9.59. The molecule has 232 valence electrons. The molecule has 2 atom stereocenters. The summed E-state index contributed by atoms with van der Waals surface area (Å²) in [6, 6.07) is 17.1. The van der Waals surface area contributed by atoms with Crippen molar-refractivity contribution in [2.75, 3.05) is 25.9 Å². The summed E-state index contributed by atoms with van der Waals surface area (Å²) in [7, 11) is 4.06. The van der Waals surface area contributed by atoms with Crippen molar-refractivity contribution in [3.63, 3.8) is 0 Å². The first-order valence-corrected chi connectivity index (χ1v) is 16.0. The molecule has 0 spiro atoms. The number of benzene rings is 2. The number of piperidine rings is 1. The number of nitrogen functional groups attached to an aromatic ring is 1. The number of nitrogens with one attached hydrogen (secondary N) is 2. The third kappa shape index (κ3) is 6.23. The summed E-state index contributed by atoms with van der Waals surface area (Å²) in [5, 5.41) is 8.73. The van der Waals surface area contributed by atoms with Crippen molar-refractivity contribution >= 4 is 22.6 Å². The van der Waals surface area contributed by atoms with E-state index in [-0.39, 0.29) is 23.9 Å². The van der Waals surface area contributed by atoms with Gasteiger partial charge in [-0.25, -0.2) is 4.98 Å². The van der Waals surface area contributed by atoms with Gasteiger partial charge in [-0.05, 0) is 92.5 Å². The number of carbonyl (C=O) groups excluding carboxylic acids is 1. The zero-order valence-electron chi connectivity index (χ0n) is 26.0. The Morgan fingerprint density at radius 2 is 1.78 bits per heavy atom. The minimum absolute atomic E-state index is 0.0571. The Bertz CT molecular complexity index is 1800. The molecule has 7 rings (SSSR count). The first kappa shape index (κ1) is 29.3. The number of hydrogen-bond donors (Lipinski definition) is 3. The number of anilines is 1. The summed E-state index contributed by atoms with van der Waals surface area (Å²) < 4.78 is 8.07. The molecule has 4 N–H and O–H groups in total. The van der Waals surface area contributed by atoms with Crippen molar-refractivity contribution in [2.45, 2.75) is 56.8 Å². The molecule has 9 nitrogen and oxygen atoms in total. The van der Waals surface area contributed by atoms with Crippen LogP contribution in [-0.4, -0.2) is 62.8 Å². The molecule has 1 saturated heterocycles. The molecule has 5 aromatic rings. The van der Waals surface area contributed by atoms with Crippen LogP contribution in [0.5, 0.6) is 0 Å². The molecule has 0 radical (unpaired) electrons. The highest BCUT2D eigenvalue weighted by atomic mass is 16.5. The molecule has 4 heterocycles. The van der Waals surface area contributed by atoms with E-state index in [4.69, 9.17) is 10.5 Å². The molecule has 45 heavy (non-hydrogen) atoms. The number of hydrogen-bond acceptors (Lipinski definition) is 6. The van der Waals surface area contributed by atoms with Crippen LogP contribution in [0.2, 0.25) is 0 Å². The van der Waals surface area contributed by atoms with E-state index < -0.39 is 0 Å². The number of fused-ring (bicyclic) bond motifs is 1. The predicted octanol–water partition coefficient (Wildman–Crippen LogP) is 5.89. The van der Waals surface area contributed by atoms with Crippen LogP contribution in [0, 0.1) is 0 Å². The number of likely N-dealkylation sites (tertiary alicyclic amines) is 1. The Kier molecular flexibility index (Phi) is 8.12. The lowest BCUT2D eigenvalue weighted by molar-refractivity contribution is 0.0272. The van der Waals surface area contributed by atoms with Crippen molar-refractivity contribution in [2.24, 2.45) is 7.05 Å². The van der Waals surface area contributed by atoms with E-state index >= 15 is 0 Å². The van der Waals surface area contributed by atoms with Gasteiger partial charge in [0.25, 0.3) is 5.91 Å². The second kappa shape index (κ2) is 12.5. The quantitative estimate of drug-likeness (QED) is 0.204. The summed E-state index contributed by atoms with van der Waals surface area (Å²) in [6.45, 7) is 2.82. The first-order chi connectivity index (χ1) is 21.9. The maximum absolute atomic E-state index is 13.3. The van der Waals surface area contributed by atoms with E-state index in [9.17, 15) is 4.79 Å². The lowest BCUT2D eigenvalue weighted by Gasteiger charge is -2.28. The van der Waals surface area contributed by atoms with Crippen LogP contribution in [0.25, 0.3) is 33.2 Å². The average molecular weight is 604 g/mol. The van der Waals surface area contributed by atoms with Crippen LogP contribution in [0.3, 0.4) is 0 Å². The molecule has 0 unspecified atom stereocenters. The summed E-state index contributed by atoms with van der Waals surface area (Å²) in [5.41, 5.74) is 14.3. The van der Waals surface area contributed by atoms with Gasteiger partial charge in [0.2, 0.25) is 0 Å². The SMILES string of the molecule is CN1CCC(c2c[nH]c3cc(-c4ccc(CO[C@H]5CCC[C@@H]5NC(=O)c5cc(-c6cnn(C)c6)cnc5N)cc4)ccc23)CC1. The van der Waals surface area contributed by atoms with E-state index in [1.54, 1.807) is 23.1 Å². The van der Waals surface area contributed by atoms with E-state index in [1.165, 1.54) is 40.4 Å². The minimum atomic E-state index is -0.229. The van der Waals surface area contributed by atoms with E-state index in [0.717, 1.165) is 49.0 Å². The fraction of sp³-hybridized carbons (Fsp3) is 0.361. The zero-order chi connectivity index (χ0) is 30.9. The Labute approximate surface area is 263 Å². The molecule has 0 bridgehead atoms. The Morgan fingerprint density at radius 1 is 0.978 bits per heavy atom. The van der Waals surface area contributed by atoms with Crippen molar-refractivity contribution in [1.82, 2.24) is 30.0 Å². The number of H-pyrrole nitrogens is 1. The molecule has 1 amide bonds. The van der Waals surface area contributed by atoms with Gasteiger partial charge >= 0.3 is 0 Å². The van der Waals surface area contributed by atoms with E-state index in [0.29, 0.717) is 18.1 Å². The molecule has 2 aliphatic rings. The molecule has 3 aromatic heterocycles. The lowest BCUT2D eigenvalue weighted by atomic mass is 9.89. The van der Waals surface area contributed by atoms with Gasteiger partial charge in [-0.3, -0.25) is 9.48 Å². The van der Waals surface area contributed by atoms with Crippen LogP contribution in [0.15, 0.2) is 73.3 Å². The van der Waals surface area contributed by atoms with Gasteiger partial charge in [-0.2, -0.15) is 5.10 Å². The number of aryl methyl sites for hydroxylation is 1. The van der Waals surface area contributed by atoms with Crippen molar-refractivity contribution in [3.05, 3.63) is 90.0 Å². The fourth-order valence-electron chi connectivity index (χ4n) is 6.90. The maximum Gasteiger partial charge on any atom is 0.255 e.